The molecule has 0 spiro atoms. The molecule has 5 heteroatoms. The lowest BCUT2D eigenvalue weighted by Crippen LogP contribution is -2.28. The topological polar surface area (TPSA) is 72.8 Å². The number of hydrogen-bond donors (Lipinski definition) is 1. The van der Waals surface area contributed by atoms with Crippen LogP contribution in [0.4, 0.5) is 0 Å². The van der Waals surface area contributed by atoms with Crippen LogP contribution < -0.4 is 0 Å². The molecule has 1 unspecified atom stereocenters. The minimum atomic E-state index is -0.775. The number of aliphatic hydroxyl groups excluding tert-OH is 1. The van der Waals surface area contributed by atoms with E-state index in [1.54, 1.807) is 0 Å². The fourth-order valence-electron chi connectivity index (χ4n) is 9.94. The van der Waals surface area contributed by atoms with E-state index in [4.69, 9.17) is 9.47 Å². The molecule has 0 radical (unpaired) electrons. The number of allylic oxidation sites excluding steroid dienone is 10. The Labute approximate surface area is 461 Å². The summed E-state index contributed by atoms with van der Waals surface area (Å²) >= 11 is 0. The predicted molar refractivity (Wildman–Crippen MR) is 325 cm³/mol. The summed E-state index contributed by atoms with van der Waals surface area (Å²) in [7, 11) is 0. The van der Waals surface area contributed by atoms with E-state index in [1.807, 2.05) is 0 Å². The zero-order valence-electron chi connectivity index (χ0n) is 49.6. The molecule has 0 aliphatic carbocycles. The van der Waals surface area contributed by atoms with Crippen molar-refractivity contribution < 1.29 is 24.2 Å². The summed E-state index contributed by atoms with van der Waals surface area (Å²) in [6.45, 7) is 4.07. The van der Waals surface area contributed by atoms with E-state index in [0.717, 1.165) is 70.6 Å². The molecule has 0 aliphatic rings. The van der Waals surface area contributed by atoms with Gasteiger partial charge in [0.2, 0.25) is 0 Å². The highest BCUT2D eigenvalue weighted by molar-refractivity contribution is 5.70. The maximum Gasteiger partial charge on any atom is 0.306 e. The van der Waals surface area contributed by atoms with Crippen molar-refractivity contribution >= 4 is 11.9 Å². The summed E-state index contributed by atoms with van der Waals surface area (Å²) in [6, 6.07) is 0. The second-order valence-electron chi connectivity index (χ2n) is 22.2. The molecule has 432 valence electrons. The van der Waals surface area contributed by atoms with Crippen molar-refractivity contribution in [1.29, 1.82) is 0 Å². The van der Waals surface area contributed by atoms with Gasteiger partial charge in [0.1, 0.15) is 6.61 Å². The van der Waals surface area contributed by atoms with Crippen LogP contribution >= 0.6 is 0 Å². The fourth-order valence-corrected chi connectivity index (χ4v) is 9.94. The van der Waals surface area contributed by atoms with Gasteiger partial charge in [-0.1, -0.05) is 338 Å². The molecule has 0 saturated heterocycles. The Bertz CT molecular complexity index is 1260. The first-order valence-corrected chi connectivity index (χ1v) is 32.8. The Hall–Kier alpha value is -2.40. The van der Waals surface area contributed by atoms with Crippen LogP contribution in [0.15, 0.2) is 60.8 Å². The first-order valence-electron chi connectivity index (χ1n) is 32.8. The van der Waals surface area contributed by atoms with E-state index >= 15 is 0 Å². The van der Waals surface area contributed by atoms with Crippen molar-refractivity contribution in [3.63, 3.8) is 0 Å². The van der Waals surface area contributed by atoms with Crippen LogP contribution in [0.1, 0.15) is 348 Å². The van der Waals surface area contributed by atoms with Crippen LogP contribution in [0, 0.1) is 0 Å². The van der Waals surface area contributed by atoms with Gasteiger partial charge in [-0.2, -0.15) is 0 Å². The van der Waals surface area contributed by atoms with Gasteiger partial charge in [-0.15, -0.1) is 0 Å². The van der Waals surface area contributed by atoms with Crippen molar-refractivity contribution in [3.05, 3.63) is 60.8 Å². The van der Waals surface area contributed by atoms with Crippen molar-refractivity contribution in [2.24, 2.45) is 0 Å². The highest BCUT2D eigenvalue weighted by atomic mass is 16.6. The van der Waals surface area contributed by atoms with Crippen LogP contribution in [-0.4, -0.2) is 36.4 Å². The van der Waals surface area contributed by atoms with Gasteiger partial charge in [0.25, 0.3) is 0 Å². The molecule has 0 saturated carbocycles. The quantitative estimate of drug-likeness (QED) is 0.0373. The normalized spacial score (nSPS) is 12.5. The molecule has 0 aromatic heterocycles. The van der Waals surface area contributed by atoms with Gasteiger partial charge >= 0.3 is 11.9 Å². The lowest BCUT2D eigenvalue weighted by atomic mass is 10.0. The third-order valence-electron chi connectivity index (χ3n) is 14.8. The van der Waals surface area contributed by atoms with E-state index in [-0.39, 0.29) is 25.2 Å². The Morgan fingerprint density at radius 3 is 0.878 bits per heavy atom. The minimum absolute atomic E-state index is 0.0645. The Kier molecular flexibility index (Phi) is 62.8. The molecule has 1 atom stereocenters. The van der Waals surface area contributed by atoms with Crippen LogP contribution in [0.5, 0.6) is 0 Å². The minimum Gasteiger partial charge on any atom is -0.462 e. The third kappa shape index (κ3) is 62.1. The molecule has 0 amide bonds. The van der Waals surface area contributed by atoms with Crippen LogP contribution in [0.2, 0.25) is 0 Å². The number of ether oxygens (including phenoxy) is 2. The monoisotopic (exact) mass is 1030 g/mol. The largest absolute Gasteiger partial charge is 0.462 e. The smallest absolute Gasteiger partial charge is 0.306 e. The Morgan fingerprint density at radius 1 is 0.324 bits per heavy atom. The molecule has 1 N–H and O–H groups in total. The number of unbranched alkanes of at least 4 members (excludes halogenated alkanes) is 43. The Morgan fingerprint density at radius 2 is 0.581 bits per heavy atom. The number of carbonyl (C=O) groups is 2. The van der Waals surface area contributed by atoms with Gasteiger partial charge < -0.3 is 14.6 Å². The maximum atomic E-state index is 12.3. The van der Waals surface area contributed by atoms with Crippen LogP contribution in [0.3, 0.4) is 0 Å². The highest BCUT2D eigenvalue weighted by Gasteiger charge is 2.16. The van der Waals surface area contributed by atoms with Gasteiger partial charge in [-0.05, 0) is 57.8 Å². The second kappa shape index (κ2) is 64.9. The van der Waals surface area contributed by atoms with Crippen LogP contribution in [-0.2, 0) is 19.1 Å². The molecule has 0 fully saturated rings. The standard InChI is InChI=1S/C69H126O5/c1-3-5-7-9-11-13-15-17-19-21-23-25-27-29-31-32-33-34-35-36-38-39-41-43-45-47-49-51-53-55-57-59-61-63-68(71)73-66-67(65-70)74-69(72)64-62-60-58-56-54-52-50-48-46-44-42-40-37-30-28-26-24-22-20-18-16-14-12-10-8-6-4-2/h6,8,12,14,18,20,24,26,30,37,67,70H,3-5,7,9-11,13,15-17,19,21-23,25,27-29,31-36,38-66H2,1-2H3/b8-6-,14-12-,20-18-,26-24-,37-30-. The van der Waals surface area contributed by atoms with Gasteiger partial charge in [-0.25, -0.2) is 0 Å². The summed E-state index contributed by atoms with van der Waals surface area (Å²) in [5, 5.41) is 9.69. The summed E-state index contributed by atoms with van der Waals surface area (Å²) in [4.78, 5) is 24.6. The summed E-state index contributed by atoms with van der Waals surface area (Å²) < 4.78 is 10.7. The van der Waals surface area contributed by atoms with Crippen molar-refractivity contribution in [2.45, 2.75) is 354 Å². The van der Waals surface area contributed by atoms with Crippen molar-refractivity contribution in [1.82, 2.24) is 0 Å². The average Bonchev–Trinajstić information content (AvgIpc) is 3.40. The molecule has 0 rings (SSSR count). The SMILES string of the molecule is CC/C=C\C/C=C\C/C=C\C/C=C\C/C=C\CCCCCCCCCCCCCC(=O)OC(CO)COC(=O)CCCCCCCCCCCCCCCCCCCCCCCCCCCCCCCCCCC. The first kappa shape index (κ1) is 71.6. The van der Waals surface area contributed by atoms with Gasteiger partial charge in [0, 0.05) is 12.8 Å². The summed E-state index contributed by atoms with van der Waals surface area (Å²) in [6.07, 6.45) is 88.1. The zero-order chi connectivity index (χ0) is 53.4. The van der Waals surface area contributed by atoms with Crippen LogP contribution in [0.25, 0.3) is 0 Å². The fraction of sp³-hybridized carbons (Fsp3) is 0.826. The number of hydrogen-bond acceptors (Lipinski definition) is 5. The highest BCUT2D eigenvalue weighted by Crippen LogP contribution is 2.18. The van der Waals surface area contributed by atoms with E-state index in [0.29, 0.717) is 12.8 Å². The number of rotatable bonds is 61. The molecule has 74 heavy (non-hydrogen) atoms. The molecular formula is C69H126O5. The van der Waals surface area contributed by atoms with E-state index in [2.05, 4.69) is 74.6 Å². The molecule has 0 aromatic rings. The number of aliphatic hydroxyl groups is 1. The van der Waals surface area contributed by atoms with E-state index < -0.39 is 6.10 Å². The lowest BCUT2D eigenvalue weighted by molar-refractivity contribution is -0.161. The van der Waals surface area contributed by atoms with E-state index in [9.17, 15) is 14.7 Å². The molecule has 0 bridgehead atoms. The third-order valence-corrected chi connectivity index (χ3v) is 14.8. The number of carbonyl (C=O) groups excluding carboxylic acids is 2. The van der Waals surface area contributed by atoms with E-state index in [1.165, 1.54) is 250 Å². The summed E-state index contributed by atoms with van der Waals surface area (Å²) in [5.74, 6) is -0.578. The maximum absolute atomic E-state index is 12.3. The second-order valence-corrected chi connectivity index (χ2v) is 22.2. The van der Waals surface area contributed by atoms with Gasteiger partial charge in [-0.3, -0.25) is 9.59 Å². The van der Waals surface area contributed by atoms with Gasteiger partial charge in [0.05, 0.1) is 6.61 Å². The predicted octanol–water partition coefficient (Wildman–Crippen LogP) is 22.5. The first-order chi connectivity index (χ1) is 36.6. The van der Waals surface area contributed by atoms with Crippen molar-refractivity contribution in [3.8, 4) is 0 Å². The van der Waals surface area contributed by atoms with Crippen molar-refractivity contribution in [2.75, 3.05) is 13.2 Å². The lowest BCUT2D eigenvalue weighted by Gasteiger charge is -2.15. The molecule has 5 nitrogen and oxygen atoms in total. The molecular weight excluding hydrogens is 909 g/mol. The van der Waals surface area contributed by atoms with Gasteiger partial charge in [0.15, 0.2) is 6.10 Å². The Balaban J connectivity index is 3.42. The average molecular weight is 1040 g/mol. The molecule has 0 aromatic carbocycles. The summed E-state index contributed by atoms with van der Waals surface area (Å²) in [5.41, 5.74) is 0. The molecule has 0 heterocycles. The molecule has 0 aliphatic heterocycles. The number of esters is 2. The zero-order valence-corrected chi connectivity index (χ0v) is 49.6.